The first kappa shape index (κ1) is 19.5. The number of hydrogen-bond donors (Lipinski definition) is 1. The third-order valence-corrected chi connectivity index (χ3v) is 5.88. The van der Waals surface area contributed by atoms with Crippen LogP contribution in [0.4, 0.5) is 0 Å². The molecule has 2 aliphatic carbocycles. The van der Waals surface area contributed by atoms with Gasteiger partial charge in [0.05, 0.1) is 26.0 Å². The number of rotatable bonds is 5. The van der Waals surface area contributed by atoms with Crippen LogP contribution in [-0.4, -0.2) is 29.9 Å². The maximum absolute atomic E-state index is 12.7. The normalized spacial score (nSPS) is 17.8. The second-order valence-corrected chi connectivity index (χ2v) is 7.74. The van der Waals surface area contributed by atoms with Gasteiger partial charge in [0.2, 0.25) is 5.91 Å². The molecule has 0 radical (unpaired) electrons. The van der Waals surface area contributed by atoms with Crippen LogP contribution < -0.4 is 20.3 Å². The lowest BCUT2D eigenvalue weighted by atomic mass is 10.1. The Hall–Kier alpha value is -2.83. The number of nitrogens with one attached hydrogen (secondary N) is 1. The highest BCUT2D eigenvalue weighted by Gasteiger charge is 2.26. The third kappa shape index (κ3) is 3.99. The van der Waals surface area contributed by atoms with Crippen molar-refractivity contribution in [2.45, 2.75) is 57.5 Å². The summed E-state index contributed by atoms with van der Waals surface area (Å²) in [6.45, 7) is -0.0642. The van der Waals surface area contributed by atoms with Crippen molar-refractivity contribution in [2.75, 3.05) is 14.2 Å². The largest absolute Gasteiger partial charge is 0.493 e. The molecular formula is C22H27N3O4. The summed E-state index contributed by atoms with van der Waals surface area (Å²) in [5.74, 6) is 1.14. The quantitative estimate of drug-likeness (QED) is 0.783. The van der Waals surface area contributed by atoms with Crippen molar-refractivity contribution in [3.63, 3.8) is 0 Å². The summed E-state index contributed by atoms with van der Waals surface area (Å²) in [4.78, 5) is 25.1. The summed E-state index contributed by atoms with van der Waals surface area (Å²) >= 11 is 0. The van der Waals surface area contributed by atoms with E-state index in [1.165, 1.54) is 4.68 Å². The van der Waals surface area contributed by atoms with Gasteiger partial charge < -0.3 is 14.8 Å². The second-order valence-electron chi connectivity index (χ2n) is 7.74. The van der Waals surface area contributed by atoms with Crippen LogP contribution in [0.5, 0.6) is 11.5 Å². The predicted molar refractivity (Wildman–Crippen MR) is 109 cm³/mol. The summed E-state index contributed by atoms with van der Waals surface area (Å²) in [7, 11) is 3.22. The second kappa shape index (κ2) is 8.27. The van der Waals surface area contributed by atoms with E-state index < -0.39 is 0 Å². The molecule has 1 aromatic heterocycles. The molecule has 154 valence electrons. The molecule has 1 heterocycles. The zero-order valence-corrected chi connectivity index (χ0v) is 17.0. The van der Waals surface area contributed by atoms with Gasteiger partial charge >= 0.3 is 0 Å². The van der Waals surface area contributed by atoms with Gasteiger partial charge in [-0.15, -0.1) is 0 Å². The van der Waals surface area contributed by atoms with Gasteiger partial charge in [-0.2, -0.15) is 5.10 Å². The predicted octanol–water partition coefficient (Wildman–Crippen LogP) is 2.33. The van der Waals surface area contributed by atoms with Crippen LogP contribution in [0.1, 0.15) is 54.1 Å². The Kier molecular flexibility index (Phi) is 5.56. The van der Waals surface area contributed by atoms with E-state index >= 15 is 0 Å². The molecule has 29 heavy (non-hydrogen) atoms. The Morgan fingerprint density at radius 2 is 1.83 bits per heavy atom. The summed E-state index contributed by atoms with van der Waals surface area (Å²) in [5, 5.41) is 7.55. The molecule has 4 rings (SSSR count). The summed E-state index contributed by atoms with van der Waals surface area (Å²) < 4.78 is 12.1. The molecule has 1 unspecified atom stereocenters. The highest BCUT2D eigenvalue weighted by atomic mass is 16.5. The fourth-order valence-electron chi connectivity index (χ4n) is 4.35. The number of benzene rings is 1. The molecule has 1 aromatic carbocycles. The lowest BCUT2D eigenvalue weighted by Gasteiger charge is -2.17. The maximum Gasteiger partial charge on any atom is 0.267 e. The van der Waals surface area contributed by atoms with Crippen molar-refractivity contribution in [1.29, 1.82) is 0 Å². The molecule has 0 aliphatic heterocycles. The number of fused-ring (bicyclic) bond motifs is 2. The Morgan fingerprint density at radius 1 is 1.07 bits per heavy atom. The van der Waals surface area contributed by atoms with Crippen molar-refractivity contribution >= 4 is 5.91 Å². The van der Waals surface area contributed by atoms with Crippen LogP contribution in [0.3, 0.4) is 0 Å². The van der Waals surface area contributed by atoms with E-state index in [1.807, 2.05) is 12.1 Å². The van der Waals surface area contributed by atoms with Crippen molar-refractivity contribution < 1.29 is 14.3 Å². The summed E-state index contributed by atoms with van der Waals surface area (Å²) in [6.07, 6.45) is 6.76. The van der Waals surface area contributed by atoms with Gasteiger partial charge in [0, 0.05) is 6.07 Å². The number of hydrogen-bond acceptors (Lipinski definition) is 5. The monoisotopic (exact) mass is 397 g/mol. The molecule has 2 aliphatic rings. The van der Waals surface area contributed by atoms with Gasteiger partial charge in [-0.05, 0) is 67.3 Å². The van der Waals surface area contributed by atoms with E-state index in [9.17, 15) is 9.59 Å². The average Bonchev–Trinajstić information content (AvgIpc) is 2.95. The van der Waals surface area contributed by atoms with Crippen LogP contribution in [0.25, 0.3) is 0 Å². The smallest absolute Gasteiger partial charge is 0.267 e. The Labute approximate surface area is 170 Å². The van der Waals surface area contributed by atoms with E-state index in [4.69, 9.17) is 9.47 Å². The lowest BCUT2D eigenvalue weighted by Crippen LogP contribution is -2.35. The van der Waals surface area contributed by atoms with Gasteiger partial charge in [0.25, 0.3) is 5.56 Å². The molecule has 0 saturated carbocycles. The number of methoxy groups -OCH3 is 2. The minimum atomic E-state index is -0.209. The topological polar surface area (TPSA) is 82.4 Å². The molecular weight excluding hydrogens is 370 g/mol. The van der Waals surface area contributed by atoms with Crippen molar-refractivity contribution in [3.05, 3.63) is 50.9 Å². The number of ether oxygens (including phenoxy) is 2. The van der Waals surface area contributed by atoms with Crippen LogP contribution in [0.2, 0.25) is 0 Å². The number of aromatic nitrogens is 2. The fraction of sp³-hybridized carbons (Fsp3) is 0.500. The van der Waals surface area contributed by atoms with Gasteiger partial charge in [-0.1, -0.05) is 6.42 Å². The molecule has 1 amide bonds. The van der Waals surface area contributed by atoms with Crippen LogP contribution in [-0.2, 0) is 30.6 Å². The minimum absolute atomic E-state index is 0.0642. The van der Waals surface area contributed by atoms with E-state index in [1.54, 1.807) is 20.3 Å². The molecule has 2 aromatic rings. The minimum Gasteiger partial charge on any atom is -0.493 e. The number of aryl methyl sites for hydroxylation is 3. The first-order valence-electron chi connectivity index (χ1n) is 10.2. The fourth-order valence-corrected chi connectivity index (χ4v) is 4.35. The first-order valence-corrected chi connectivity index (χ1v) is 10.2. The summed E-state index contributed by atoms with van der Waals surface area (Å²) in [6, 6.07) is 5.45. The molecule has 7 heteroatoms. The lowest BCUT2D eigenvalue weighted by molar-refractivity contribution is -0.122. The number of carbonyl (C=O) groups excluding carboxylic acids is 1. The highest BCUT2D eigenvalue weighted by molar-refractivity contribution is 5.76. The van der Waals surface area contributed by atoms with Gasteiger partial charge in [0.1, 0.15) is 6.54 Å². The number of nitrogens with zero attached hydrogens (tertiary/aromatic N) is 2. The zero-order valence-electron chi connectivity index (χ0n) is 17.0. The molecule has 0 saturated heterocycles. The van der Waals surface area contributed by atoms with Crippen molar-refractivity contribution in [3.8, 4) is 11.5 Å². The molecule has 0 spiro atoms. The number of amides is 1. The molecule has 1 atom stereocenters. The Balaban J connectivity index is 1.49. The van der Waals surface area contributed by atoms with E-state index in [-0.39, 0.29) is 24.1 Å². The third-order valence-electron chi connectivity index (χ3n) is 5.88. The SMILES string of the molecule is COc1cc2c(cc1OC)C(NC(=O)Cn1nc3c(cc1=O)CCCCC3)CC2. The Bertz CT molecular complexity index is 983. The zero-order chi connectivity index (χ0) is 20.4. The van der Waals surface area contributed by atoms with Crippen LogP contribution in [0.15, 0.2) is 23.0 Å². The molecule has 7 nitrogen and oxygen atoms in total. The molecule has 1 N–H and O–H groups in total. The standard InChI is InChI=1S/C22H27N3O4/c1-28-19-10-14-8-9-18(16(14)12-20(19)29-2)23-21(26)13-25-22(27)11-15-6-4-3-5-7-17(15)24-25/h10-12,18H,3-9,13H2,1-2H3,(H,23,26). The van der Waals surface area contributed by atoms with Crippen molar-refractivity contribution in [2.24, 2.45) is 0 Å². The van der Waals surface area contributed by atoms with E-state index in [0.29, 0.717) is 11.5 Å². The van der Waals surface area contributed by atoms with Gasteiger partial charge in [-0.3, -0.25) is 9.59 Å². The molecule has 0 fully saturated rings. The maximum atomic E-state index is 12.7. The average molecular weight is 397 g/mol. The summed E-state index contributed by atoms with van der Waals surface area (Å²) in [5.41, 5.74) is 3.97. The van der Waals surface area contributed by atoms with Gasteiger partial charge in [-0.25, -0.2) is 4.68 Å². The van der Waals surface area contributed by atoms with E-state index in [0.717, 1.165) is 67.3 Å². The van der Waals surface area contributed by atoms with Crippen molar-refractivity contribution in [1.82, 2.24) is 15.1 Å². The Morgan fingerprint density at radius 3 is 2.62 bits per heavy atom. The first-order chi connectivity index (χ1) is 14.1. The molecule has 0 bridgehead atoms. The van der Waals surface area contributed by atoms with Crippen LogP contribution >= 0.6 is 0 Å². The van der Waals surface area contributed by atoms with Gasteiger partial charge in [0.15, 0.2) is 11.5 Å². The number of carbonyl (C=O) groups is 1. The highest BCUT2D eigenvalue weighted by Crippen LogP contribution is 2.39. The van der Waals surface area contributed by atoms with E-state index in [2.05, 4.69) is 10.4 Å². The van der Waals surface area contributed by atoms with Crippen LogP contribution in [0, 0.1) is 0 Å².